The van der Waals surface area contributed by atoms with Crippen LogP contribution in [0.3, 0.4) is 0 Å². The van der Waals surface area contributed by atoms with Gasteiger partial charge in [-0.15, -0.1) is 0 Å². The Bertz CT molecular complexity index is 967. The van der Waals surface area contributed by atoms with Gasteiger partial charge in [0.25, 0.3) is 0 Å². The van der Waals surface area contributed by atoms with E-state index in [4.69, 9.17) is 17.3 Å². The van der Waals surface area contributed by atoms with E-state index in [9.17, 15) is 9.18 Å². The molecule has 2 N–H and O–H groups in total. The van der Waals surface area contributed by atoms with Crippen LogP contribution < -0.4 is 11.4 Å². The summed E-state index contributed by atoms with van der Waals surface area (Å²) in [6.07, 6.45) is 3.26. The molecule has 118 valence electrons. The Hall–Kier alpha value is -2.12. The Morgan fingerprint density at radius 1 is 1.30 bits per heavy atom. The molecular formula is C15H11BrClFN4O. The zero-order valence-corrected chi connectivity index (χ0v) is 14.3. The van der Waals surface area contributed by atoms with Gasteiger partial charge in [0, 0.05) is 31.1 Å². The maximum atomic E-state index is 13.5. The minimum atomic E-state index is -0.652. The van der Waals surface area contributed by atoms with Crippen LogP contribution in [0.2, 0.25) is 5.02 Å². The molecule has 0 amide bonds. The molecule has 0 bridgehead atoms. The van der Waals surface area contributed by atoms with Crippen molar-refractivity contribution in [3.63, 3.8) is 0 Å². The first kappa shape index (κ1) is 15.8. The Morgan fingerprint density at radius 3 is 2.65 bits per heavy atom. The predicted octanol–water partition coefficient (Wildman–Crippen LogP) is 3.38. The van der Waals surface area contributed by atoms with E-state index in [0.29, 0.717) is 27.5 Å². The van der Waals surface area contributed by atoms with E-state index in [0.717, 1.165) is 0 Å². The first-order chi connectivity index (χ1) is 10.9. The maximum absolute atomic E-state index is 13.5. The van der Waals surface area contributed by atoms with Gasteiger partial charge in [-0.1, -0.05) is 17.7 Å². The number of aryl methyl sites for hydroxylation is 1. The summed E-state index contributed by atoms with van der Waals surface area (Å²) < 4.78 is 16.6. The highest BCUT2D eigenvalue weighted by molar-refractivity contribution is 9.10. The number of rotatable bonds is 2. The van der Waals surface area contributed by atoms with Crippen LogP contribution in [0.15, 0.2) is 46.1 Å². The predicted molar refractivity (Wildman–Crippen MR) is 91.3 cm³/mol. The topological polar surface area (TPSA) is 65.8 Å². The monoisotopic (exact) mass is 396 g/mol. The van der Waals surface area contributed by atoms with Gasteiger partial charge in [-0.3, -0.25) is 4.57 Å². The summed E-state index contributed by atoms with van der Waals surface area (Å²) in [5.41, 5.74) is 7.67. The maximum Gasteiger partial charge on any atom is 0.332 e. The third kappa shape index (κ3) is 2.77. The van der Waals surface area contributed by atoms with Crippen LogP contribution in [-0.4, -0.2) is 14.1 Å². The van der Waals surface area contributed by atoms with Crippen LogP contribution in [0.1, 0.15) is 0 Å². The van der Waals surface area contributed by atoms with Gasteiger partial charge in [-0.25, -0.2) is 9.78 Å². The van der Waals surface area contributed by atoms with Gasteiger partial charge in [-0.2, -0.15) is 4.39 Å². The van der Waals surface area contributed by atoms with Crippen molar-refractivity contribution in [2.45, 2.75) is 0 Å². The van der Waals surface area contributed by atoms with Crippen molar-refractivity contribution in [1.82, 2.24) is 14.1 Å². The van der Waals surface area contributed by atoms with E-state index >= 15 is 0 Å². The molecule has 0 saturated carbocycles. The molecule has 5 nitrogen and oxygen atoms in total. The number of nitrogens with two attached hydrogens (primary N) is 1. The number of anilines is 1. The minimum absolute atomic E-state index is 0.211. The van der Waals surface area contributed by atoms with Gasteiger partial charge in [0.2, 0.25) is 5.95 Å². The zero-order valence-electron chi connectivity index (χ0n) is 11.9. The molecule has 0 fully saturated rings. The number of nitrogen functional groups attached to an aromatic ring is 1. The Balaban J connectivity index is 2.14. The van der Waals surface area contributed by atoms with Crippen LogP contribution in [0, 0.1) is 5.95 Å². The molecule has 0 aliphatic carbocycles. The lowest BCUT2D eigenvalue weighted by molar-refractivity contribution is 0.582. The van der Waals surface area contributed by atoms with Crippen molar-refractivity contribution in [2.75, 3.05) is 5.73 Å². The van der Waals surface area contributed by atoms with E-state index < -0.39 is 5.95 Å². The van der Waals surface area contributed by atoms with Crippen LogP contribution >= 0.6 is 27.5 Å². The number of aromatic nitrogens is 3. The molecule has 0 radical (unpaired) electrons. The van der Waals surface area contributed by atoms with Crippen molar-refractivity contribution < 1.29 is 4.39 Å². The van der Waals surface area contributed by atoms with Crippen molar-refractivity contribution in [3.05, 3.63) is 62.7 Å². The second-order valence-electron chi connectivity index (χ2n) is 4.92. The van der Waals surface area contributed by atoms with Gasteiger partial charge in [0.1, 0.15) is 4.60 Å². The van der Waals surface area contributed by atoms with Crippen LogP contribution in [-0.2, 0) is 7.05 Å². The second kappa shape index (κ2) is 5.82. The third-order valence-electron chi connectivity index (χ3n) is 3.45. The van der Waals surface area contributed by atoms with Crippen LogP contribution in [0.4, 0.5) is 10.1 Å². The minimum Gasteiger partial charge on any atom is -0.396 e. The Kier molecular flexibility index (Phi) is 3.99. The lowest BCUT2D eigenvalue weighted by Crippen LogP contribution is -2.20. The van der Waals surface area contributed by atoms with Crippen molar-refractivity contribution >= 4 is 33.2 Å². The number of imidazole rings is 1. The van der Waals surface area contributed by atoms with E-state index in [-0.39, 0.29) is 10.3 Å². The largest absolute Gasteiger partial charge is 0.396 e. The summed E-state index contributed by atoms with van der Waals surface area (Å²) >= 11 is 9.41. The number of pyridine rings is 1. The van der Waals surface area contributed by atoms with Gasteiger partial charge in [0.05, 0.1) is 16.4 Å². The summed E-state index contributed by atoms with van der Waals surface area (Å²) in [6.45, 7) is 0. The third-order valence-corrected chi connectivity index (χ3v) is 4.35. The highest BCUT2D eigenvalue weighted by Crippen LogP contribution is 2.34. The van der Waals surface area contributed by atoms with Gasteiger partial charge in [0.15, 0.2) is 0 Å². The second-order valence-corrected chi connectivity index (χ2v) is 6.08. The molecule has 23 heavy (non-hydrogen) atoms. The number of hydrogen-bond donors (Lipinski definition) is 1. The molecular weight excluding hydrogens is 387 g/mol. The Labute approximate surface area is 144 Å². The van der Waals surface area contributed by atoms with Crippen LogP contribution in [0.25, 0.3) is 16.8 Å². The summed E-state index contributed by atoms with van der Waals surface area (Å²) in [4.78, 5) is 15.6. The van der Waals surface area contributed by atoms with Gasteiger partial charge < -0.3 is 10.3 Å². The lowest BCUT2D eigenvalue weighted by atomic mass is 10.1. The zero-order chi connectivity index (χ0) is 16.7. The molecule has 8 heteroatoms. The molecule has 0 aliphatic rings. The molecule has 0 unspecified atom stereocenters. The van der Waals surface area contributed by atoms with E-state index in [1.165, 1.54) is 15.2 Å². The molecule has 1 aromatic carbocycles. The van der Waals surface area contributed by atoms with E-state index in [2.05, 4.69) is 20.9 Å². The SMILES string of the molecule is Cn1ccn(-c2ccc(-c3cc(F)nc(Br)c3N)cc2Cl)c1=O. The lowest BCUT2D eigenvalue weighted by Gasteiger charge is -2.10. The molecule has 0 aliphatic heterocycles. The van der Waals surface area contributed by atoms with Crippen molar-refractivity contribution in [2.24, 2.45) is 7.05 Å². The highest BCUT2D eigenvalue weighted by Gasteiger charge is 2.13. The fourth-order valence-corrected chi connectivity index (χ4v) is 2.90. The summed E-state index contributed by atoms with van der Waals surface area (Å²) in [7, 11) is 1.65. The number of nitrogens with zero attached hydrogens (tertiary/aromatic N) is 3. The van der Waals surface area contributed by atoms with Gasteiger partial charge >= 0.3 is 5.69 Å². The standard InChI is InChI=1S/C15H11BrClFN4O/c1-21-4-5-22(15(21)23)11-3-2-8(6-10(11)17)9-7-12(18)20-14(16)13(9)19/h2-7H,19H2,1H3. The molecule has 0 atom stereocenters. The van der Waals surface area contributed by atoms with Crippen molar-refractivity contribution in [3.8, 4) is 16.8 Å². The quantitative estimate of drug-likeness (QED) is 0.674. The van der Waals surface area contributed by atoms with Gasteiger partial charge in [-0.05, 0) is 33.6 Å². The van der Waals surface area contributed by atoms with Crippen molar-refractivity contribution in [1.29, 1.82) is 0 Å². The molecule has 2 heterocycles. The normalized spacial score (nSPS) is 11.0. The molecule has 0 spiro atoms. The highest BCUT2D eigenvalue weighted by atomic mass is 79.9. The summed E-state index contributed by atoms with van der Waals surface area (Å²) in [5, 5.41) is 0.351. The number of hydrogen-bond acceptors (Lipinski definition) is 3. The summed E-state index contributed by atoms with van der Waals surface area (Å²) in [6, 6.07) is 6.27. The van der Waals surface area contributed by atoms with Crippen LogP contribution in [0.5, 0.6) is 0 Å². The fraction of sp³-hybridized carbons (Fsp3) is 0.0667. The molecule has 3 rings (SSSR count). The van der Waals surface area contributed by atoms with E-state index in [1.54, 1.807) is 37.6 Å². The fourth-order valence-electron chi connectivity index (χ4n) is 2.25. The Morgan fingerprint density at radius 2 is 2.04 bits per heavy atom. The van der Waals surface area contributed by atoms with E-state index in [1.807, 2.05) is 0 Å². The molecule has 3 aromatic rings. The first-order valence-electron chi connectivity index (χ1n) is 6.54. The number of halogens is 3. The number of benzene rings is 1. The first-order valence-corrected chi connectivity index (χ1v) is 7.71. The molecule has 0 saturated heterocycles. The smallest absolute Gasteiger partial charge is 0.332 e. The average molecular weight is 398 g/mol. The molecule has 2 aromatic heterocycles. The average Bonchev–Trinajstić information content (AvgIpc) is 2.83. The summed E-state index contributed by atoms with van der Waals surface area (Å²) in [5.74, 6) is -0.652.